The molecule has 2 aliphatic rings. The third-order valence-electron chi connectivity index (χ3n) is 7.58. The van der Waals surface area contributed by atoms with Crippen LogP contribution in [0, 0.1) is 0 Å². The van der Waals surface area contributed by atoms with E-state index >= 15 is 0 Å². The van der Waals surface area contributed by atoms with Crippen molar-refractivity contribution < 1.29 is 19.1 Å². The van der Waals surface area contributed by atoms with Gasteiger partial charge >= 0.3 is 0 Å². The molecule has 3 amide bonds. The molecule has 3 N–H and O–H groups in total. The highest BCUT2D eigenvalue weighted by Crippen LogP contribution is 2.46. The first-order valence-corrected chi connectivity index (χ1v) is 13.8. The summed E-state index contributed by atoms with van der Waals surface area (Å²) in [5.41, 5.74) is 9.44. The molecule has 1 aliphatic carbocycles. The largest absolute Gasteiger partial charge is 0.483 e. The van der Waals surface area contributed by atoms with E-state index < -0.39 is 17.9 Å². The highest BCUT2D eigenvalue weighted by Gasteiger charge is 2.45. The molecule has 2 aromatic carbocycles. The quantitative estimate of drug-likeness (QED) is 0.371. The smallest absolute Gasteiger partial charge is 0.255 e. The van der Waals surface area contributed by atoms with Gasteiger partial charge in [-0.2, -0.15) is 0 Å². The number of nitrogens with two attached hydrogens (primary N) is 1. The summed E-state index contributed by atoms with van der Waals surface area (Å²) < 4.78 is 5.81. The summed E-state index contributed by atoms with van der Waals surface area (Å²) in [6.07, 6.45) is 10.8. The van der Waals surface area contributed by atoms with Crippen molar-refractivity contribution in [3.63, 3.8) is 0 Å². The van der Waals surface area contributed by atoms with Crippen LogP contribution in [0.25, 0.3) is 0 Å². The van der Waals surface area contributed by atoms with Gasteiger partial charge in [-0.3, -0.25) is 19.4 Å². The molecule has 2 heterocycles. The highest BCUT2D eigenvalue weighted by molar-refractivity contribution is 6.01. The first-order chi connectivity index (χ1) is 19.5. The number of nitrogens with one attached hydrogen (secondary N) is 1. The number of carbonyl (C=O) groups is 3. The maximum Gasteiger partial charge on any atom is 0.255 e. The summed E-state index contributed by atoms with van der Waals surface area (Å²) in [5.74, 6) is -1.22. The summed E-state index contributed by atoms with van der Waals surface area (Å²) in [7, 11) is 0. The second-order valence-electron chi connectivity index (χ2n) is 10.2. The molecule has 2 atom stereocenters. The van der Waals surface area contributed by atoms with E-state index in [0.29, 0.717) is 35.5 Å². The lowest BCUT2D eigenvalue weighted by Crippen LogP contribution is -2.47. The number of aromatic nitrogens is 1. The topological polar surface area (TPSA) is 115 Å². The van der Waals surface area contributed by atoms with Gasteiger partial charge in [-0.15, -0.1) is 0 Å². The molecule has 1 aromatic heterocycles. The van der Waals surface area contributed by atoms with E-state index in [9.17, 15) is 14.4 Å². The van der Waals surface area contributed by atoms with Gasteiger partial charge in [0, 0.05) is 36.6 Å². The minimum atomic E-state index is -0.704. The monoisotopic (exact) mass is 538 g/mol. The normalized spacial score (nSPS) is 18.4. The molecule has 0 radical (unpaired) electrons. The van der Waals surface area contributed by atoms with Gasteiger partial charge in [0.1, 0.15) is 5.75 Å². The summed E-state index contributed by atoms with van der Waals surface area (Å²) in [4.78, 5) is 45.6. The van der Waals surface area contributed by atoms with Crippen molar-refractivity contribution in [3.8, 4) is 5.75 Å². The first kappa shape index (κ1) is 27.1. The van der Waals surface area contributed by atoms with Crippen LogP contribution in [0.3, 0.4) is 0 Å². The van der Waals surface area contributed by atoms with Crippen molar-refractivity contribution in [1.82, 2.24) is 15.2 Å². The average molecular weight is 539 g/mol. The molecular weight excluding hydrogens is 504 g/mol. The summed E-state index contributed by atoms with van der Waals surface area (Å²) in [5, 5.41) is 3.08. The van der Waals surface area contributed by atoms with Crippen LogP contribution >= 0.6 is 0 Å². The van der Waals surface area contributed by atoms with E-state index in [1.807, 2.05) is 42.5 Å². The maximum absolute atomic E-state index is 14.1. The Kier molecular flexibility index (Phi) is 8.54. The zero-order chi connectivity index (χ0) is 27.9. The molecule has 8 nitrogen and oxygen atoms in total. The van der Waals surface area contributed by atoms with Crippen LogP contribution in [-0.4, -0.2) is 40.8 Å². The van der Waals surface area contributed by atoms with Crippen molar-refractivity contribution in [2.75, 3.05) is 13.2 Å². The lowest BCUT2D eigenvalue weighted by atomic mass is 9.78. The zero-order valence-corrected chi connectivity index (χ0v) is 22.4. The van der Waals surface area contributed by atoms with Gasteiger partial charge < -0.3 is 20.7 Å². The summed E-state index contributed by atoms with van der Waals surface area (Å²) in [6.45, 7) is 0.456. The van der Waals surface area contributed by atoms with Gasteiger partial charge in [-0.25, -0.2) is 0 Å². The number of para-hydroxylation sites is 1. The molecule has 0 spiro atoms. The van der Waals surface area contributed by atoms with Crippen molar-refractivity contribution in [3.05, 3.63) is 107 Å². The number of primary amides is 1. The number of fused-ring (bicyclic) bond motifs is 1. The molecule has 1 unspecified atom stereocenters. The standard InChI is InChI=1S/C32H34N4O4/c33-28(37)21-40-27-15-7-6-14-26(27)30-29(31(38)35-20-23-11-8-17-34-19-23)24-12-4-5-13-25(24)32(39)36(30)18-16-22-9-2-1-3-10-22/h4-9,11-15,17,19,29-30H,1-3,10,16,18,20-21H2,(H2,33,37)(H,35,38)/t29-,30?/m1/s1. The molecular formula is C32H34N4O4. The number of allylic oxidation sites excluding steroid dienone is 1. The Morgan fingerprint density at radius 1 is 1.02 bits per heavy atom. The minimum Gasteiger partial charge on any atom is -0.483 e. The zero-order valence-electron chi connectivity index (χ0n) is 22.4. The van der Waals surface area contributed by atoms with Gasteiger partial charge in [-0.05, 0) is 61.4 Å². The van der Waals surface area contributed by atoms with Crippen molar-refractivity contribution >= 4 is 17.7 Å². The van der Waals surface area contributed by atoms with E-state index in [-0.39, 0.29) is 18.4 Å². The van der Waals surface area contributed by atoms with E-state index in [4.69, 9.17) is 10.5 Å². The number of hydrogen-bond acceptors (Lipinski definition) is 5. The number of nitrogens with zero attached hydrogens (tertiary/aromatic N) is 2. The highest BCUT2D eigenvalue weighted by atomic mass is 16.5. The number of amides is 3. The maximum atomic E-state index is 14.1. The third-order valence-corrected chi connectivity index (χ3v) is 7.58. The molecule has 0 saturated carbocycles. The van der Waals surface area contributed by atoms with Crippen molar-refractivity contribution in [2.45, 2.75) is 50.6 Å². The van der Waals surface area contributed by atoms with Crippen molar-refractivity contribution in [1.29, 1.82) is 0 Å². The van der Waals surface area contributed by atoms with Crippen LogP contribution in [0.2, 0.25) is 0 Å². The predicted molar refractivity (Wildman–Crippen MR) is 151 cm³/mol. The summed E-state index contributed by atoms with van der Waals surface area (Å²) >= 11 is 0. The average Bonchev–Trinajstić information content (AvgIpc) is 2.99. The fraction of sp³-hybridized carbons (Fsp3) is 0.312. The van der Waals surface area contributed by atoms with Gasteiger partial charge in [0.05, 0.1) is 12.0 Å². The molecule has 1 aliphatic heterocycles. The second-order valence-corrected chi connectivity index (χ2v) is 10.2. The Morgan fingerprint density at radius 3 is 2.58 bits per heavy atom. The molecule has 40 heavy (non-hydrogen) atoms. The molecule has 5 rings (SSSR count). The van der Waals surface area contributed by atoms with Gasteiger partial charge in [0.25, 0.3) is 11.8 Å². The number of pyridine rings is 1. The molecule has 8 heteroatoms. The van der Waals surface area contributed by atoms with Crippen LogP contribution in [0.4, 0.5) is 0 Å². The Labute approximate surface area is 234 Å². The molecule has 0 fully saturated rings. The van der Waals surface area contributed by atoms with Gasteiger partial charge in [0.2, 0.25) is 5.91 Å². The molecule has 0 saturated heterocycles. The van der Waals surface area contributed by atoms with Crippen molar-refractivity contribution in [2.24, 2.45) is 5.73 Å². The van der Waals surface area contributed by atoms with E-state index in [1.165, 1.54) is 12.0 Å². The van der Waals surface area contributed by atoms with Gasteiger partial charge in [-0.1, -0.05) is 54.1 Å². The Hall–Kier alpha value is -4.46. The molecule has 0 bridgehead atoms. The Bertz CT molecular complexity index is 1400. The lowest BCUT2D eigenvalue weighted by Gasteiger charge is -2.42. The number of benzene rings is 2. The number of rotatable bonds is 10. The fourth-order valence-corrected chi connectivity index (χ4v) is 5.67. The number of ether oxygens (including phenoxy) is 1. The van der Waals surface area contributed by atoms with Crippen LogP contribution in [-0.2, 0) is 16.1 Å². The second kappa shape index (κ2) is 12.6. The SMILES string of the molecule is NC(=O)COc1ccccc1C1[C@H](C(=O)NCc2cccnc2)c2ccccc2C(=O)N1CCC1=CCCCC1. The predicted octanol–water partition coefficient (Wildman–Crippen LogP) is 4.43. The molecule has 3 aromatic rings. The lowest BCUT2D eigenvalue weighted by molar-refractivity contribution is -0.124. The van der Waals surface area contributed by atoms with Crippen LogP contribution in [0.1, 0.15) is 71.1 Å². The number of carbonyl (C=O) groups excluding carboxylic acids is 3. The number of hydrogen-bond donors (Lipinski definition) is 2. The van der Waals surface area contributed by atoms with Crippen LogP contribution < -0.4 is 15.8 Å². The van der Waals surface area contributed by atoms with E-state index in [1.54, 1.807) is 35.5 Å². The Morgan fingerprint density at radius 2 is 1.82 bits per heavy atom. The third kappa shape index (κ3) is 6.06. The molecule has 206 valence electrons. The van der Waals surface area contributed by atoms with E-state index in [2.05, 4.69) is 16.4 Å². The first-order valence-electron chi connectivity index (χ1n) is 13.8. The van der Waals surface area contributed by atoms with Gasteiger partial charge in [0.15, 0.2) is 6.61 Å². The van der Waals surface area contributed by atoms with E-state index in [0.717, 1.165) is 31.2 Å². The van der Waals surface area contributed by atoms with Crippen LogP contribution in [0.15, 0.2) is 84.7 Å². The minimum absolute atomic E-state index is 0.127. The fourth-order valence-electron chi connectivity index (χ4n) is 5.67. The van der Waals surface area contributed by atoms with Crippen LogP contribution in [0.5, 0.6) is 5.75 Å². The Balaban J connectivity index is 1.57. The summed E-state index contributed by atoms with van der Waals surface area (Å²) in [6, 6.07) is 17.6.